The maximum Gasteiger partial charge on any atom is 0.187 e. The highest BCUT2D eigenvalue weighted by molar-refractivity contribution is 7.80. The SMILES string of the molecule is S=C(NCCN1CCOCC1)N/N=C/c1ccc(-c2cc(Cl)ccc2Cl)o1. The van der Waals surface area contributed by atoms with Crippen molar-refractivity contribution in [1.29, 1.82) is 0 Å². The van der Waals surface area contributed by atoms with Crippen molar-refractivity contribution in [1.82, 2.24) is 15.6 Å². The third-order valence-corrected chi connectivity index (χ3v) is 4.80. The number of halogens is 2. The first-order valence-electron chi connectivity index (χ1n) is 8.54. The predicted octanol–water partition coefficient (Wildman–Crippen LogP) is 3.38. The molecular weight excluding hydrogens is 407 g/mol. The van der Waals surface area contributed by atoms with Crippen LogP contribution in [-0.2, 0) is 4.74 Å². The average molecular weight is 427 g/mol. The van der Waals surface area contributed by atoms with Crippen LogP contribution in [0.15, 0.2) is 39.9 Å². The van der Waals surface area contributed by atoms with Crippen LogP contribution >= 0.6 is 35.4 Å². The van der Waals surface area contributed by atoms with E-state index in [1.807, 2.05) is 6.07 Å². The summed E-state index contributed by atoms with van der Waals surface area (Å²) in [5, 5.41) is 8.84. The maximum atomic E-state index is 6.19. The van der Waals surface area contributed by atoms with Crippen LogP contribution in [0.1, 0.15) is 5.76 Å². The van der Waals surface area contributed by atoms with E-state index in [2.05, 4.69) is 20.7 Å². The van der Waals surface area contributed by atoms with Gasteiger partial charge in [0.15, 0.2) is 5.11 Å². The number of rotatable bonds is 6. The fourth-order valence-electron chi connectivity index (χ4n) is 2.60. The smallest absolute Gasteiger partial charge is 0.187 e. The zero-order valence-corrected chi connectivity index (χ0v) is 16.9. The van der Waals surface area contributed by atoms with E-state index in [1.165, 1.54) is 0 Å². The summed E-state index contributed by atoms with van der Waals surface area (Å²) in [5.41, 5.74) is 3.51. The van der Waals surface area contributed by atoms with Crippen LogP contribution in [0.25, 0.3) is 11.3 Å². The molecule has 1 saturated heterocycles. The molecule has 1 fully saturated rings. The van der Waals surface area contributed by atoms with Crippen LogP contribution in [0.3, 0.4) is 0 Å². The standard InChI is InChI=1S/C18H20Cl2N4O2S/c19-13-1-3-16(20)15(11-13)17-4-2-14(26-17)12-22-23-18(27)21-5-6-24-7-9-25-10-8-24/h1-4,11-12H,5-10H2,(H2,21,23,27)/b22-12+. The van der Waals surface area contributed by atoms with Gasteiger partial charge in [0.25, 0.3) is 0 Å². The lowest BCUT2D eigenvalue weighted by Crippen LogP contribution is -2.42. The molecule has 0 spiro atoms. The first-order chi connectivity index (χ1) is 13.1. The second kappa shape index (κ2) is 10.1. The lowest BCUT2D eigenvalue weighted by Gasteiger charge is -2.26. The quantitative estimate of drug-likeness (QED) is 0.419. The Morgan fingerprint density at radius 2 is 2.04 bits per heavy atom. The van der Waals surface area contributed by atoms with E-state index in [1.54, 1.807) is 30.5 Å². The Morgan fingerprint density at radius 1 is 1.22 bits per heavy atom. The van der Waals surface area contributed by atoms with Gasteiger partial charge in [-0.05, 0) is 42.5 Å². The molecule has 1 aliphatic rings. The van der Waals surface area contributed by atoms with E-state index in [-0.39, 0.29) is 0 Å². The normalized spacial score (nSPS) is 15.2. The van der Waals surface area contributed by atoms with E-state index >= 15 is 0 Å². The Morgan fingerprint density at radius 3 is 2.85 bits per heavy atom. The highest BCUT2D eigenvalue weighted by Crippen LogP contribution is 2.31. The lowest BCUT2D eigenvalue weighted by molar-refractivity contribution is 0.0389. The van der Waals surface area contributed by atoms with Crippen LogP contribution in [0.5, 0.6) is 0 Å². The van der Waals surface area contributed by atoms with E-state index < -0.39 is 0 Å². The second-order valence-electron chi connectivity index (χ2n) is 5.91. The van der Waals surface area contributed by atoms with Gasteiger partial charge < -0.3 is 14.5 Å². The van der Waals surface area contributed by atoms with Crippen LogP contribution < -0.4 is 10.7 Å². The van der Waals surface area contributed by atoms with Gasteiger partial charge in [-0.1, -0.05) is 23.2 Å². The monoisotopic (exact) mass is 426 g/mol. The fraction of sp³-hybridized carbons (Fsp3) is 0.333. The summed E-state index contributed by atoms with van der Waals surface area (Å²) in [6.45, 7) is 5.16. The third-order valence-electron chi connectivity index (χ3n) is 4.00. The van der Waals surface area contributed by atoms with Gasteiger partial charge in [-0.15, -0.1) is 0 Å². The number of hydrogen-bond acceptors (Lipinski definition) is 5. The zero-order chi connectivity index (χ0) is 19.1. The van der Waals surface area contributed by atoms with E-state index in [4.69, 9.17) is 44.6 Å². The first kappa shape index (κ1) is 20.1. The maximum absolute atomic E-state index is 6.19. The highest BCUT2D eigenvalue weighted by atomic mass is 35.5. The van der Waals surface area contributed by atoms with E-state index in [0.717, 1.165) is 45.0 Å². The highest BCUT2D eigenvalue weighted by Gasteiger charge is 2.10. The molecule has 2 N–H and O–H groups in total. The Labute approximate surface area is 173 Å². The summed E-state index contributed by atoms with van der Waals surface area (Å²) in [5.74, 6) is 1.19. The van der Waals surface area contributed by atoms with Crippen molar-refractivity contribution in [2.24, 2.45) is 5.10 Å². The van der Waals surface area contributed by atoms with Gasteiger partial charge in [0.1, 0.15) is 11.5 Å². The average Bonchev–Trinajstić information content (AvgIpc) is 3.13. The largest absolute Gasteiger partial charge is 0.455 e. The van der Waals surface area contributed by atoms with Crippen molar-refractivity contribution in [3.05, 3.63) is 46.1 Å². The molecule has 9 heteroatoms. The second-order valence-corrected chi connectivity index (χ2v) is 7.16. The van der Waals surface area contributed by atoms with E-state index in [9.17, 15) is 0 Å². The van der Waals surface area contributed by atoms with Gasteiger partial charge >= 0.3 is 0 Å². The van der Waals surface area contributed by atoms with Crippen LogP contribution in [0.4, 0.5) is 0 Å². The van der Waals surface area contributed by atoms with Crippen LogP contribution in [0, 0.1) is 0 Å². The molecule has 0 radical (unpaired) electrons. The fourth-order valence-corrected chi connectivity index (χ4v) is 3.14. The minimum absolute atomic E-state index is 0.462. The molecule has 0 aliphatic carbocycles. The minimum atomic E-state index is 0.462. The van der Waals surface area contributed by atoms with Crippen molar-refractivity contribution < 1.29 is 9.15 Å². The summed E-state index contributed by atoms with van der Waals surface area (Å²) in [6.07, 6.45) is 1.55. The van der Waals surface area contributed by atoms with Gasteiger partial charge in [-0.3, -0.25) is 10.3 Å². The van der Waals surface area contributed by atoms with Gasteiger partial charge in [0, 0.05) is 36.8 Å². The van der Waals surface area contributed by atoms with Crippen molar-refractivity contribution >= 4 is 46.7 Å². The Balaban J connectivity index is 1.45. The summed E-state index contributed by atoms with van der Waals surface area (Å²) in [4.78, 5) is 2.33. The first-order valence-corrected chi connectivity index (χ1v) is 9.70. The Bertz CT molecular complexity index is 806. The van der Waals surface area contributed by atoms with Crippen molar-refractivity contribution in [3.8, 4) is 11.3 Å². The lowest BCUT2D eigenvalue weighted by atomic mass is 10.2. The molecule has 144 valence electrons. The molecular formula is C18H20Cl2N4O2S. The van der Waals surface area contributed by atoms with Gasteiger partial charge in [0.2, 0.25) is 0 Å². The predicted molar refractivity (Wildman–Crippen MR) is 113 cm³/mol. The summed E-state index contributed by atoms with van der Waals surface area (Å²) >= 11 is 17.4. The molecule has 1 aliphatic heterocycles. The number of thiocarbonyl (C=S) groups is 1. The molecule has 6 nitrogen and oxygen atoms in total. The molecule has 0 atom stereocenters. The zero-order valence-electron chi connectivity index (χ0n) is 14.6. The molecule has 2 heterocycles. The molecule has 3 rings (SSSR count). The van der Waals surface area contributed by atoms with E-state index in [0.29, 0.717) is 26.7 Å². The number of nitrogens with zero attached hydrogens (tertiary/aromatic N) is 2. The van der Waals surface area contributed by atoms with Crippen LogP contribution in [-0.4, -0.2) is 55.6 Å². The van der Waals surface area contributed by atoms with Crippen molar-refractivity contribution in [2.45, 2.75) is 0 Å². The molecule has 0 bridgehead atoms. The molecule has 2 aromatic rings. The number of hydrazone groups is 1. The summed E-state index contributed by atoms with van der Waals surface area (Å²) < 4.78 is 11.1. The third kappa shape index (κ3) is 6.19. The number of hydrogen-bond donors (Lipinski definition) is 2. The van der Waals surface area contributed by atoms with Crippen LogP contribution in [0.2, 0.25) is 10.0 Å². The Kier molecular flexibility index (Phi) is 7.49. The minimum Gasteiger partial charge on any atom is -0.455 e. The molecule has 0 saturated carbocycles. The van der Waals surface area contributed by atoms with Gasteiger partial charge in [0.05, 0.1) is 24.5 Å². The summed E-state index contributed by atoms with van der Waals surface area (Å²) in [7, 11) is 0. The molecule has 0 amide bonds. The molecule has 0 unspecified atom stereocenters. The number of benzene rings is 1. The molecule has 27 heavy (non-hydrogen) atoms. The van der Waals surface area contributed by atoms with Crippen molar-refractivity contribution in [3.63, 3.8) is 0 Å². The Hall–Kier alpha value is -1.64. The number of nitrogens with one attached hydrogen (secondary N) is 2. The van der Waals surface area contributed by atoms with Crippen molar-refractivity contribution in [2.75, 3.05) is 39.4 Å². The molecule has 1 aromatic carbocycles. The van der Waals surface area contributed by atoms with Gasteiger partial charge in [-0.25, -0.2) is 0 Å². The number of morpholine rings is 1. The van der Waals surface area contributed by atoms with Gasteiger partial charge in [-0.2, -0.15) is 5.10 Å². The molecule has 1 aromatic heterocycles. The summed E-state index contributed by atoms with van der Waals surface area (Å²) in [6, 6.07) is 8.84. The topological polar surface area (TPSA) is 62.0 Å². The number of furan rings is 1. The number of ether oxygens (including phenoxy) is 1.